The van der Waals surface area contributed by atoms with Gasteiger partial charge in [0.2, 0.25) is 11.9 Å². The third-order valence-corrected chi connectivity index (χ3v) is 3.85. The standard InChI is InChI=1S/C13H18N4O/c1-10-9-11(10)12(18)16-5-7-17(8-6-16)13-14-3-2-4-15-13/h2-4,10-11H,5-9H2,1H3. The Balaban J connectivity index is 1.57. The van der Waals surface area contributed by atoms with E-state index < -0.39 is 0 Å². The number of rotatable bonds is 2. The highest BCUT2D eigenvalue weighted by atomic mass is 16.2. The minimum Gasteiger partial charge on any atom is -0.339 e. The molecule has 5 nitrogen and oxygen atoms in total. The lowest BCUT2D eigenvalue weighted by molar-refractivity contribution is -0.133. The molecule has 1 aliphatic heterocycles. The van der Waals surface area contributed by atoms with E-state index in [-0.39, 0.29) is 0 Å². The lowest BCUT2D eigenvalue weighted by atomic mass is 10.2. The Morgan fingerprint density at radius 3 is 2.39 bits per heavy atom. The molecule has 1 aliphatic carbocycles. The van der Waals surface area contributed by atoms with Gasteiger partial charge in [0.15, 0.2) is 0 Å². The summed E-state index contributed by atoms with van der Waals surface area (Å²) >= 11 is 0. The average molecular weight is 246 g/mol. The van der Waals surface area contributed by atoms with E-state index in [0.29, 0.717) is 17.7 Å². The first-order valence-corrected chi connectivity index (χ1v) is 6.56. The Morgan fingerprint density at radius 1 is 1.22 bits per heavy atom. The molecule has 1 aromatic heterocycles. The van der Waals surface area contributed by atoms with Gasteiger partial charge in [0.1, 0.15) is 0 Å². The van der Waals surface area contributed by atoms with E-state index in [9.17, 15) is 4.79 Å². The van der Waals surface area contributed by atoms with Gasteiger partial charge < -0.3 is 9.80 Å². The SMILES string of the molecule is CC1CC1C(=O)N1CCN(c2ncccn2)CC1. The van der Waals surface area contributed by atoms with Crippen LogP contribution in [0.4, 0.5) is 5.95 Å². The van der Waals surface area contributed by atoms with Gasteiger partial charge in [-0.3, -0.25) is 4.79 Å². The molecule has 18 heavy (non-hydrogen) atoms. The third-order valence-electron chi connectivity index (χ3n) is 3.85. The first kappa shape index (κ1) is 11.4. The van der Waals surface area contributed by atoms with Gasteiger partial charge in [-0.05, 0) is 18.4 Å². The molecule has 1 saturated heterocycles. The Labute approximate surface area is 107 Å². The first-order valence-electron chi connectivity index (χ1n) is 6.56. The van der Waals surface area contributed by atoms with E-state index in [2.05, 4.69) is 21.8 Å². The highest BCUT2D eigenvalue weighted by Gasteiger charge is 2.42. The van der Waals surface area contributed by atoms with Crippen molar-refractivity contribution in [3.05, 3.63) is 18.5 Å². The first-order chi connectivity index (χ1) is 8.75. The molecule has 1 saturated carbocycles. The van der Waals surface area contributed by atoms with Gasteiger partial charge in [0.25, 0.3) is 0 Å². The number of aromatic nitrogens is 2. The van der Waals surface area contributed by atoms with Crippen molar-refractivity contribution < 1.29 is 4.79 Å². The monoisotopic (exact) mass is 246 g/mol. The van der Waals surface area contributed by atoms with Gasteiger partial charge in [-0.15, -0.1) is 0 Å². The second-order valence-electron chi connectivity index (χ2n) is 5.18. The molecule has 3 rings (SSSR count). The topological polar surface area (TPSA) is 49.3 Å². The Kier molecular flexibility index (Phi) is 2.89. The lowest BCUT2D eigenvalue weighted by Gasteiger charge is -2.34. The van der Waals surface area contributed by atoms with Crippen LogP contribution in [0.1, 0.15) is 13.3 Å². The second kappa shape index (κ2) is 4.55. The molecule has 0 aromatic carbocycles. The van der Waals surface area contributed by atoms with Gasteiger partial charge in [0.05, 0.1) is 0 Å². The number of amides is 1. The van der Waals surface area contributed by atoms with Crippen LogP contribution in [0.2, 0.25) is 0 Å². The van der Waals surface area contributed by atoms with E-state index in [4.69, 9.17) is 0 Å². The summed E-state index contributed by atoms with van der Waals surface area (Å²) in [6.07, 6.45) is 4.58. The maximum atomic E-state index is 12.1. The molecule has 0 spiro atoms. The van der Waals surface area contributed by atoms with E-state index in [0.717, 1.165) is 38.5 Å². The minimum atomic E-state index is 0.296. The molecule has 0 N–H and O–H groups in total. The van der Waals surface area contributed by atoms with Crippen molar-refractivity contribution in [2.45, 2.75) is 13.3 Å². The number of anilines is 1. The molecule has 2 atom stereocenters. The number of hydrogen-bond donors (Lipinski definition) is 0. The van der Waals surface area contributed by atoms with Crippen molar-refractivity contribution >= 4 is 11.9 Å². The van der Waals surface area contributed by atoms with Crippen LogP contribution in [-0.4, -0.2) is 47.0 Å². The molecule has 1 aromatic rings. The van der Waals surface area contributed by atoms with Crippen LogP contribution in [0, 0.1) is 11.8 Å². The third kappa shape index (κ3) is 2.17. The fourth-order valence-electron chi connectivity index (χ4n) is 2.48. The maximum Gasteiger partial charge on any atom is 0.226 e. The second-order valence-corrected chi connectivity index (χ2v) is 5.18. The quantitative estimate of drug-likeness (QED) is 0.774. The van der Waals surface area contributed by atoms with Gasteiger partial charge in [0, 0.05) is 44.5 Å². The van der Waals surface area contributed by atoms with Crippen LogP contribution in [-0.2, 0) is 4.79 Å². The molecule has 96 valence electrons. The summed E-state index contributed by atoms with van der Waals surface area (Å²) in [4.78, 5) is 24.7. The fraction of sp³-hybridized carbons (Fsp3) is 0.615. The van der Waals surface area contributed by atoms with E-state index in [1.54, 1.807) is 12.4 Å². The molecule has 2 fully saturated rings. The highest BCUT2D eigenvalue weighted by Crippen LogP contribution is 2.39. The number of carbonyl (C=O) groups is 1. The zero-order valence-electron chi connectivity index (χ0n) is 10.6. The molecule has 1 amide bonds. The largest absolute Gasteiger partial charge is 0.339 e. The minimum absolute atomic E-state index is 0.296. The summed E-state index contributed by atoms with van der Waals surface area (Å²) in [5.74, 6) is 2.00. The zero-order valence-corrected chi connectivity index (χ0v) is 10.6. The summed E-state index contributed by atoms with van der Waals surface area (Å²) in [5.41, 5.74) is 0. The lowest BCUT2D eigenvalue weighted by Crippen LogP contribution is -2.49. The van der Waals surface area contributed by atoms with Crippen molar-refractivity contribution in [2.75, 3.05) is 31.1 Å². The van der Waals surface area contributed by atoms with Crippen LogP contribution in [0.3, 0.4) is 0 Å². The summed E-state index contributed by atoms with van der Waals surface area (Å²) in [6.45, 7) is 5.39. The van der Waals surface area contributed by atoms with Crippen LogP contribution in [0.5, 0.6) is 0 Å². The van der Waals surface area contributed by atoms with E-state index >= 15 is 0 Å². The van der Waals surface area contributed by atoms with Gasteiger partial charge in [-0.1, -0.05) is 6.92 Å². The van der Waals surface area contributed by atoms with E-state index in [1.165, 1.54) is 0 Å². The molecular weight excluding hydrogens is 228 g/mol. The average Bonchev–Trinajstić information content (AvgIpc) is 3.16. The van der Waals surface area contributed by atoms with Crippen molar-refractivity contribution in [2.24, 2.45) is 11.8 Å². The normalized spacial score (nSPS) is 27.2. The fourth-order valence-corrected chi connectivity index (χ4v) is 2.48. The van der Waals surface area contributed by atoms with E-state index in [1.807, 2.05) is 11.0 Å². The molecule has 2 heterocycles. The summed E-state index contributed by atoms with van der Waals surface area (Å²) < 4.78 is 0. The van der Waals surface area contributed by atoms with Crippen LogP contribution in [0.15, 0.2) is 18.5 Å². The summed E-state index contributed by atoms with van der Waals surface area (Å²) in [6, 6.07) is 1.82. The molecule has 0 radical (unpaired) electrons. The van der Waals surface area contributed by atoms with Crippen LogP contribution < -0.4 is 4.90 Å². The molecule has 5 heteroatoms. The molecule has 2 unspecified atom stereocenters. The number of piperazine rings is 1. The van der Waals surface area contributed by atoms with Crippen molar-refractivity contribution in [3.8, 4) is 0 Å². The number of hydrogen-bond acceptors (Lipinski definition) is 4. The Hall–Kier alpha value is -1.65. The van der Waals surface area contributed by atoms with Gasteiger partial charge in [-0.2, -0.15) is 0 Å². The van der Waals surface area contributed by atoms with Crippen LogP contribution in [0.25, 0.3) is 0 Å². The summed E-state index contributed by atoms with van der Waals surface area (Å²) in [5, 5.41) is 0. The maximum absolute atomic E-state index is 12.1. The Morgan fingerprint density at radius 2 is 1.83 bits per heavy atom. The number of nitrogens with zero attached hydrogens (tertiary/aromatic N) is 4. The zero-order chi connectivity index (χ0) is 12.5. The summed E-state index contributed by atoms with van der Waals surface area (Å²) in [7, 11) is 0. The predicted molar refractivity (Wildman–Crippen MR) is 68.1 cm³/mol. The smallest absolute Gasteiger partial charge is 0.226 e. The van der Waals surface area contributed by atoms with Crippen molar-refractivity contribution in [3.63, 3.8) is 0 Å². The van der Waals surface area contributed by atoms with Crippen molar-refractivity contribution in [1.29, 1.82) is 0 Å². The highest BCUT2D eigenvalue weighted by molar-refractivity contribution is 5.81. The van der Waals surface area contributed by atoms with Crippen molar-refractivity contribution in [1.82, 2.24) is 14.9 Å². The van der Waals surface area contributed by atoms with Gasteiger partial charge in [-0.25, -0.2) is 9.97 Å². The van der Waals surface area contributed by atoms with Crippen LogP contribution >= 0.6 is 0 Å². The molecule has 0 bridgehead atoms. The van der Waals surface area contributed by atoms with Gasteiger partial charge >= 0.3 is 0 Å². The molecule has 2 aliphatic rings. The predicted octanol–water partition coefficient (Wildman–Crippen LogP) is 0.781. The molecular formula is C13H18N4O. The Bertz CT molecular complexity index is 428. The number of carbonyl (C=O) groups excluding carboxylic acids is 1.